The minimum absolute atomic E-state index is 0.112. The Labute approximate surface area is 194 Å². The van der Waals surface area contributed by atoms with Crippen LogP contribution in [-0.4, -0.2) is 41.1 Å². The van der Waals surface area contributed by atoms with E-state index >= 15 is 0 Å². The smallest absolute Gasteiger partial charge is 0.255 e. The average molecular weight is 462 g/mol. The zero-order valence-electron chi connectivity index (χ0n) is 17.9. The Morgan fingerprint density at radius 1 is 1.15 bits per heavy atom. The van der Waals surface area contributed by atoms with E-state index in [0.29, 0.717) is 39.1 Å². The van der Waals surface area contributed by atoms with Gasteiger partial charge in [-0.1, -0.05) is 17.7 Å². The zero-order chi connectivity index (χ0) is 22.7. The van der Waals surface area contributed by atoms with Gasteiger partial charge >= 0.3 is 0 Å². The molecule has 1 aromatic carbocycles. The Hall–Kier alpha value is -3.78. The number of carbonyl (C=O) groups excluding carboxylic acids is 1. The van der Waals surface area contributed by atoms with Gasteiger partial charge < -0.3 is 25.1 Å². The second kappa shape index (κ2) is 7.38. The Bertz CT molecular complexity index is 1430. The fraction of sp³-hybridized carbons (Fsp3) is 0.208. The third-order valence-corrected chi connectivity index (χ3v) is 6.50. The summed E-state index contributed by atoms with van der Waals surface area (Å²) in [4.78, 5) is 25.7. The molecule has 0 bridgehead atoms. The SMILES string of the molecule is COc1ccc2nccc(-c3[nH]c4c(c3Nc3cccc(Cl)c3OC)C(=O)N[C@H]3C[C@@H]43)c2n1. The molecule has 3 aromatic heterocycles. The lowest BCUT2D eigenvalue weighted by atomic mass is 10.0. The van der Waals surface area contributed by atoms with Crippen LogP contribution in [0.25, 0.3) is 22.3 Å². The number of aromatic nitrogens is 3. The first-order valence-electron chi connectivity index (χ1n) is 10.6. The van der Waals surface area contributed by atoms with Crippen LogP contribution in [0.2, 0.25) is 5.02 Å². The monoisotopic (exact) mass is 461 g/mol. The van der Waals surface area contributed by atoms with Gasteiger partial charge in [0, 0.05) is 35.5 Å². The quantitative estimate of drug-likeness (QED) is 0.400. The number of H-pyrrole nitrogens is 1. The number of rotatable bonds is 5. The minimum atomic E-state index is -0.112. The first kappa shape index (κ1) is 19.9. The van der Waals surface area contributed by atoms with Crippen LogP contribution in [-0.2, 0) is 0 Å². The first-order chi connectivity index (χ1) is 16.1. The summed E-state index contributed by atoms with van der Waals surface area (Å²) in [6.45, 7) is 0. The number of nitrogens with one attached hydrogen (secondary N) is 3. The van der Waals surface area contributed by atoms with Crippen LogP contribution in [0.5, 0.6) is 11.6 Å². The summed E-state index contributed by atoms with van der Waals surface area (Å²) in [7, 11) is 3.14. The van der Waals surface area contributed by atoms with E-state index in [9.17, 15) is 4.79 Å². The molecule has 2 atom stereocenters. The van der Waals surface area contributed by atoms with E-state index < -0.39 is 0 Å². The number of halogens is 1. The predicted octanol–water partition coefficient (Wildman–Crippen LogP) is 4.64. The third kappa shape index (κ3) is 3.09. The van der Waals surface area contributed by atoms with Crippen molar-refractivity contribution in [2.75, 3.05) is 19.5 Å². The Kier molecular flexibility index (Phi) is 4.45. The number of ether oxygens (including phenoxy) is 2. The molecule has 2 aliphatic rings. The van der Waals surface area contributed by atoms with Crippen LogP contribution in [0.4, 0.5) is 11.4 Å². The fourth-order valence-corrected chi connectivity index (χ4v) is 4.80. The minimum Gasteiger partial charge on any atom is -0.493 e. The number of anilines is 2. The van der Waals surface area contributed by atoms with Crippen molar-refractivity contribution in [3.63, 3.8) is 0 Å². The van der Waals surface area contributed by atoms with Gasteiger partial charge in [0.1, 0.15) is 5.52 Å². The standard InChI is InChI=1S/C24H20ClN5O3/c1-32-17-7-6-14-19(29-17)11(8-9-26-14)21-22(27-15-5-3-4-13(25)23(15)33-2)18-20(30-21)12-10-16(12)28-24(18)31/h3-9,12,16,27,30H,10H2,1-2H3,(H,28,31)/t12-,16+/m1/s1. The van der Waals surface area contributed by atoms with E-state index in [1.54, 1.807) is 32.5 Å². The number of hydrogen-bond acceptors (Lipinski definition) is 6. The molecule has 9 heteroatoms. The van der Waals surface area contributed by atoms with Gasteiger partial charge in [-0.2, -0.15) is 0 Å². The van der Waals surface area contributed by atoms with Crippen LogP contribution in [0.3, 0.4) is 0 Å². The van der Waals surface area contributed by atoms with Gasteiger partial charge in [0.25, 0.3) is 5.91 Å². The lowest BCUT2D eigenvalue weighted by Crippen LogP contribution is -2.31. The summed E-state index contributed by atoms with van der Waals surface area (Å²) >= 11 is 6.36. The van der Waals surface area contributed by atoms with Gasteiger partial charge in [0.2, 0.25) is 5.88 Å². The van der Waals surface area contributed by atoms with Gasteiger partial charge in [-0.15, -0.1) is 0 Å². The number of pyridine rings is 2. The summed E-state index contributed by atoms with van der Waals surface area (Å²) in [5, 5.41) is 6.99. The number of amides is 1. The van der Waals surface area contributed by atoms with E-state index in [1.807, 2.05) is 24.3 Å². The maximum atomic E-state index is 13.1. The molecule has 6 rings (SSSR count). The first-order valence-corrected chi connectivity index (χ1v) is 10.9. The van der Waals surface area contributed by atoms with Crippen molar-refractivity contribution in [1.82, 2.24) is 20.3 Å². The maximum absolute atomic E-state index is 13.1. The maximum Gasteiger partial charge on any atom is 0.255 e. The highest BCUT2D eigenvalue weighted by Gasteiger charge is 2.48. The fourth-order valence-electron chi connectivity index (χ4n) is 4.55. The van der Waals surface area contributed by atoms with Crippen LogP contribution >= 0.6 is 11.6 Å². The van der Waals surface area contributed by atoms with Crippen molar-refractivity contribution >= 4 is 39.9 Å². The van der Waals surface area contributed by atoms with E-state index in [2.05, 4.69) is 25.6 Å². The molecule has 0 spiro atoms. The van der Waals surface area contributed by atoms with E-state index in [-0.39, 0.29) is 17.9 Å². The number of methoxy groups -OCH3 is 2. The molecule has 3 N–H and O–H groups in total. The lowest BCUT2D eigenvalue weighted by Gasteiger charge is -2.17. The highest BCUT2D eigenvalue weighted by molar-refractivity contribution is 6.32. The number of carbonyl (C=O) groups is 1. The second-order valence-electron chi connectivity index (χ2n) is 8.11. The van der Waals surface area contributed by atoms with E-state index in [0.717, 1.165) is 28.9 Å². The van der Waals surface area contributed by atoms with Crippen molar-refractivity contribution < 1.29 is 14.3 Å². The van der Waals surface area contributed by atoms with E-state index in [1.165, 1.54) is 0 Å². The molecule has 0 saturated heterocycles. The van der Waals surface area contributed by atoms with Crippen molar-refractivity contribution in [3.05, 3.63) is 58.9 Å². The molecular formula is C24H20ClN5O3. The molecule has 4 aromatic rings. The predicted molar refractivity (Wildman–Crippen MR) is 126 cm³/mol. The molecule has 1 aliphatic heterocycles. The number of para-hydroxylation sites is 1. The number of aromatic amines is 1. The largest absolute Gasteiger partial charge is 0.493 e. The number of nitrogens with zero attached hydrogens (tertiary/aromatic N) is 2. The Morgan fingerprint density at radius 3 is 2.85 bits per heavy atom. The summed E-state index contributed by atoms with van der Waals surface area (Å²) in [6, 6.07) is 11.2. The van der Waals surface area contributed by atoms with Gasteiger partial charge in [0.05, 0.1) is 47.4 Å². The molecule has 1 saturated carbocycles. The second-order valence-corrected chi connectivity index (χ2v) is 8.52. The van der Waals surface area contributed by atoms with E-state index in [4.69, 9.17) is 21.1 Å². The number of fused-ring (bicyclic) bond motifs is 4. The van der Waals surface area contributed by atoms with Gasteiger partial charge in [-0.05, 0) is 30.7 Å². The molecule has 0 radical (unpaired) electrons. The van der Waals surface area contributed by atoms with Gasteiger partial charge in [-0.25, -0.2) is 4.98 Å². The summed E-state index contributed by atoms with van der Waals surface area (Å²) in [5.41, 5.74) is 5.77. The zero-order valence-corrected chi connectivity index (χ0v) is 18.7. The molecular weight excluding hydrogens is 442 g/mol. The summed E-state index contributed by atoms with van der Waals surface area (Å²) < 4.78 is 10.9. The normalized spacial score (nSPS) is 18.3. The third-order valence-electron chi connectivity index (χ3n) is 6.20. The lowest BCUT2D eigenvalue weighted by molar-refractivity contribution is 0.0944. The number of benzene rings is 1. The van der Waals surface area contributed by atoms with Crippen molar-refractivity contribution in [1.29, 1.82) is 0 Å². The molecule has 4 heterocycles. The van der Waals surface area contributed by atoms with Crippen LogP contribution in [0, 0.1) is 0 Å². The number of hydrogen-bond donors (Lipinski definition) is 3. The Balaban J connectivity index is 1.60. The van der Waals surface area contributed by atoms with Crippen molar-refractivity contribution in [2.24, 2.45) is 0 Å². The highest BCUT2D eigenvalue weighted by Crippen LogP contribution is 2.50. The van der Waals surface area contributed by atoms with Gasteiger partial charge in [-0.3, -0.25) is 9.78 Å². The van der Waals surface area contributed by atoms with Crippen molar-refractivity contribution in [3.8, 4) is 22.9 Å². The molecule has 8 nitrogen and oxygen atoms in total. The molecule has 166 valence electrons. The molecule has 1 fully saturated rings. The molecule has 1 amide bonds. The molecule has 33 heavy (non-hydrogen) atoms. The van der Waals surface area contributed by atoms with Crippen molar-refractivity contribution in [2.45, 2.75) is 18.4 Å². The molecule has 0 unspecified atom stereocenters. The summed E-state index contributed by atoms with van der Waals surface area (Å²) in [6.07, 6.45) is 2.65. The van der Waals surface area contributed by atoms with Gasteiger partial charge in [0.15, 0.2) is 5.75 Å². The Morgan fingerprint density at radius 2 is 2.03 bits per heavy atom. The van der Waals surface area contributed by atoms with Crippen LogP contribution < -0.4 is 20.1 Å². The average Bonchev–Trinajstić information content (AvgIpc) is 3.50. The topological polar surface area (TPSA) is 101 Å². The molecule has 1 aliphatic carbocycles. The highest BCUT2D eigenvalue weighted by atomic mass is 35.5. The summed E-state index contributed by atoms with van der Waals surface area (Å²) in [5.74, 6) is 1.14. The van der Waals surface area contributed by atoms with Crippen LogP contribution in [0.15, 0.2) is 42.6 Å². The van der Waals surface area contributed by atoms with Crippen LogP contribution in [0.1, 0.15) is 28.4 Å².